The lowest BCUT2D eigenvalue weighted by molar-refractivity contribution is 0.0943. The van der Waals surface area contributed by atoms with Crippen molar-refractivity contribution in [2.45, 2.75) is 6.54 Å². The standard InChI is InChI=1S/C13H14N4O2/c1-2-5-14-12-7-11(16-9-17-12)13(18)15-8-10-4-3-6-19-10/h2-4,6-7,9H,1,5,8H2,(H,15,18)(H,14,16,17). The maximum absolute atomic E-state index is 11.9. The Hall–Kier alpha value is -2.63. The van der Waals surface area contributed by atoms with Crippen LogP contribution in [0.4, 0.5) is 5.82 Å². The van der Waals surface area contributed by atoms with Crippen LogP contribution in [0, 0.1) is 0 Å². The van der Waals surface area contributed by atoms with Gasteiger partial charge in [0.25, 0.3) is 5.91 Å². The van der Waals surface area contributed by atoms with Crippen molar-refractivity contribution in [1.82, 2.24) is 15.3 Å². The van der Waals surface area contributed by atoms with Gasteiger partial charge in [-0.1, -0.05) is 6.08 Å². The molecule has 0 atom stereocenters. The molecular formula is C13H14N4O2. The van der Waals surface area contributed by atoms with Crippen LogP contribution in [0.2, 0.25) is 0 Å². The minimum absolute atomic E-state index is 0.277. The second kappa shape index (κ2) is 6.34. The molecule has 0 aliphatic carbocycles. The van der Waals surface area contributed by atoms with E-state index in [1.165, 1.54) is 6.33 Å². The third-order valence-electron chi connectivity index (χ3n) is 2.33. The Labute approximate surface area is 110 Å². The molecule has 6 heteroatoms. The number of anilines is 1. The summed E-state index contributed by atoms with van der Waals surface area (Å²) in [7, 11) is 0. The van der Waals surface area contributed by atoms with Gasteiger partial charge in [-0.05, 0) is 12.1 Å². The number of nitrogens with one attached hydrogen (secondary N) is 2. The van der Waals surface area contributed by atoms with Crippen molar-refractivity contribution in [3.63, 3.8) is 0 Å². The summed E-state index contributed by atoms with van der Waals surface area (Å²) in [5.74, 6) is 0.992. The fraction of sp³-hybridized carbons (Fsp3) is 0.154. The number of carbonyl (C=O) groups excluding carboxylic acids is 1. The zero-order valence-corrected chi connectivity index (χ0v) is 10.3. The van der Waals surface area contributed by atoms with Gasteiger partial charge in [-0.2, -0.15) is 0 Å². The number of carbonyl (C=O) groups is 1. The lowest BCUT2D eigenvalue weighted by atomic mass is 10.3. The Morgan fingerprint density at radius 2 is 2.37 bits per heavy atom. The molecule has 0 spiro atoms. The summed E-state index contributed by atoms with van der Waals surface area (Å²) in [5, 5.41) is 5.71. The van der Waals surface area contributed by atoms with Crippen molar-refractivity contribution < 1.29 is 9.21 Å². The number of aromatic nitrogens is 2. The molecule has 19 heavy (non-hydrogen) atoms. The summed E-state index contributed by atoms with van der Waals surface area (Å²) in [6.45, 7) is 4.49. The minimum Gasteiger partial charge on any atom is -0.467 e. The molecule has 0 aromatic carbocycles. The van der Waals surface area contributed by atoms with Gasteiger partial charge in [0.15, 0.2) is 0 Å². The quantitative estimate of drug-likeness (QED) is 0.769. The number of amides is 1. The van der Waals surface area contributed by atoms with E-state index in [9.17, 15) is 4.79 Å². The molecular weight excluding hydrogens is 244 g/mol. The highest BCUT2D eigenvalue weighted by molar-refractivity contribution is 5.92. The Bertz CT molecular complexity index is 552. The number of hydrogen-bond acceptors (Lipinski definition) is 5. The predicted molar refractivity (Wildman–Crippen MR) is 70.6 cm³/mol. The van der Waals surface area contributed by atoms with Crippen LogP contribution in [0.1, 0.15) is 16.2 Å². The molecule has 2 heterocycles. The molecule has 1 amide bonds. The lowest BCUT2D eigenvalue weighted by Gasteiger charge is -2.05. The number of rotatable bonds is 6. The van der Waals surface area contributed by atoms with E-state index >= 15 is 0 Å². The molecule has 0 saturated heterocycles. The van der Waals surface area contributed by atoms with Crippen molar-refractivity contribution in [1.29, 1.82) is 0 Å². The first-order chi connectivity index (χ1) is 9.29. The first-order valence-corrected chi connectivity index (χ1v) is 5.77. The fourth-order valence-corrected chi connectivity index (χ4v) is 1.43. The zero-order valence-electron chi connectivity index (χ0n) is 10.3. The smallest absolute Gasteiger partial charge is 0.270 e. The molecule has 0 bridgehead atoms. The third kappa shape index (κ3) is 3.67. The molecule has 2 N–H and O–H groups in total. The first kappa shape index (κ1) is 12.8. The van der Waals surface area contributed by atoms with Gasteiger partial charge >= 0.3 is 0 Å². The van der Waals surface area contributed by atoms with Crippen LogP contribution >= 0.6 is 0 Å². The topological polar surface area (TPSA) is 80.0 Å². The van der Waals surface area contributed by atoms with Gasteiger partial charge < -0.3 is 15.1 Å². The van der Waals surface area contributed by atoms with Crippen LogP contribution in [0.3, 0.4) is 0 Å². The molecule has 0 aliphatic heterocycles. The van der Waals surface area contributed by atoms with Gasteiger partial charge in [0, 0.05) is 12.6 Å². The van der Waals surface area contributed by atoms with Crippen LogP contribution in [-0.2, 0) is 6.54 Å². The van der Waals surface area contributed by atoms with Crippen LogP contribution in [-0.4, -0.2) is 22.4 Å². The Balaban J connectivity index is 1.96. The number of hydrogen-bond donors (Lipinski definition) is 2. The highest BCUT2D eigenvalue weighted by Gasteiger charge is 2.08. The molecule has 0 fully saturated rings. The van der Waals surface area contributed by atoms with Crippen LogP contribution in [0.15, 0.2) is 47.9 Å². The number of furan rings is 1. The van der Waals surface area contributed by atoms with E-state index in [4.69, 9.17) is 4.42 Å². The first-order valence-electron chi connectivity index (χ1n) is 5.77. The average molecular weight is 258 g/mol. The van der Waals surface area contributed by atoms with E-state index in [-0.39, 0.29) is 5.91 Å². The van der Waals surface area contributed by atoms with E-state index in [1.807, 2.05) is 0 Å². The summed E-state index contributed by atoms with van der Waals surface area (Å²) in [5.41, 5.74) is 0.299. The Morgan fingerprint density at radius 1 is 1.47 bits per heavy atom. The summed E-state index contributed by atoms with van der Waals surface area (Å²) < 4.78 is 5.13. The summed E-state index contributed by atoms with van der Waals surface area (Å²) >= 11 is 0. The summed E-state index contributed by atoms with van der Waals surface area (Å²) in [6.07, 6.45) is 4.61. The molecule has 0 saturated carbocycles. The average Bonchev–Trinajstić information content (AvgIpc) is 2.96. The van der Waals surface area contributed by atoms with E-state index in [0.29, 0.717) is 30.4 Å². The van der Waals surface area contributed by atoms with Crippen molar-refractivity contribution in [3.8, 4) is 0 Å². The van der Waals surface area contributed by atoms with Crippen molar-refractivity contribution in [3.05, 3.63) is 54.9 Å². The Morgan fingerprint density at radius 3 is 3.11 bits per heavy atom. The van der Waals surface area contributed by atoms with E-state index in [1.54, 1.807) is 30.5 Å². The monoisotopic (exact) mass is 258 g/mol. The SMILES string of the molecule is C=CCNc1cc(C(=O)NCc2ccco2)ncn1. The highest BCUT2D eigenvalue weighted by atomic mass is 16.3. The maximum Gasteiger partial charge on any atom is 0.270 e. The van der Waals surface area contributed by atoms with Gasteiger partial charge in [0.1, 0.15) is 23.6 Å². The second-order valence-electron chi connectivity index (χ2n) is 3.72. The largest absolute Gasteiger partial charge is 0.467 e. The normalized spacial score (nSPS) is 9.89. The molecule has 2 rings (SSSR count). The molecule has 2 aromatic heterocycles. The fourth-order valence-electron chi connectivity index (χ4n) is 1.43. The summed E-state index contributed by atoms with van der Waals surface area (Å²) in [4.78, 5) is 19.8. The maximum atomic E-state index is 11.9. The van der Waals surface area contributed by atoms with Gasteiger partial charge in [-0.3, -0.25) is 4.79 Å². The van der Waals surface area contributed by atoms with E-state index in [0.717, 1.165) is 0 Å². The third-order valence-corrected chi connectivity index (χ3v) is 2.33. The zero-order chi connectivity index (χ0) is 13.5. The van der Waals surface area contributed by atoms with Gasteiger partial charge in [0.05, 0.1) is 12.8 Å². The minimum atomic E-state index is -0.277. The molecule has 0 aliphatic rings. The van der Waals surface area contributed by atoms with Crippen LogP contribution in [0.5, 0.6) is 0 Å². The van der Waals surface area contributed by atoms with Crippen LogP contribution < -0.4 is 10.6 Å². The molecule has 6 nitrogen and oxygen atoms in total. The van der Waals surface area contributed by atoms with Crippen molar-refractivity contribution in [2.75, 3.05) is 11.9 Å². The number of nitrogens with zero attached hydrogens (tertiary/aromatic N) is 2. The molecule has 0 radical (unpaired) electrons. The molecule has 98 valence electrons. The van der Waals surface area contributed by atoms with Gasteiger partial charge in [-0.15, -0.1) is 6.58 Å². The van der Waals surface area contributed by atoms with Gasteiger partial charge in [0.2, 0.25) is 0 Å². The van der Waals surface area contributed by atoms with Crippen LogP contribution in [0.25, 0.3) is 0 Å². The lowest BCUT2D eigenvalue weighted by Crippen LogP contribution is -2.23. The van der Waals surface area contributed by atoms with E-state index in [2.05, 4.69) is 27.2 Å². The van der Waals surface area contributed by atoms with E-state index < -0.39 is 0 Å². The van der Waals surface area contributed by atoms with Gasteiger partial charge in [-0.25, -0.2) is 9.97 Å². The van der Waals surface area contributed by atoms with Crippen molar-refractivity contribution in [2.24, 2.45) is 0 Å². The predicted octanol–water partition coefficient (Wildman–Crippen LogP) is 1.60. The van der Waals surface area contributed by atoms with Crippen molar-refractivity contribution >= 4 is 11.7 Å². The Kier molecular flexibility index (Phi) is 4.28. The second-order valence-corrected chi connectivity index (χ2v) is 3.72. The molecule has 0 unspecified atom stereocenters. The molecule has 2 aromatic rings. The highest BCUT2D eigenvalue weighted by Crippen LogP contribution is 2.04. The summed E-state index contributed by atoms with van der Waals surface area (Å²) in [6, 6.07) is 5.14.